The lowest BCUT2D eigenvalue weighted by Gasteiger charge is -2.17. The highest BCUT2D eigenvalue weighted by Gasteiger charge is 2.07. The van der Waals surface area contributed by atoms with Crippen LogP contribution in [-0.2, 0) is 6.54 Å². The van der Waals surface area contributed by atoms with Gasteiger partial charge in [-0.05, 0) is 34.9 Å². The minimum Gasteiger partial charge on any atom is -0.444 e. The van der Waals surface area contributed by atoms with Crippen LogP contribution in [0, 0.1) is 13.8 Å². The number of nitrogens with zero attached hydrogens (tertiary/aromatic N) is 2. The molecule has 0 radical (unpaired) electrons. The van der Waals surface area contributed by atoms with E-state index in [1.165, 1.54) is 0 Å². The van der Waals surface area contributed by atoms with Gasteiger partial charge in [-0.3, -0.25) is 0 Å². The van der Waals surface area contributed by atoms with Crippen molar-refractivity contribution in [3.05, 3.63) is 17.3 Å². The van der Waals surface area contributed by atoms with Crippen LogP contribution < -0.4 is 5.32 Å². The zero-order chi connectivity index (χ0) is 11.4. The molecule has 0 aromatic carbocycles. The fourth-order valence-corrected chi connectivity index (χ4v) is 1.49. The third kappa shape index (κ3) is 4.01. The maximum Gasteiger partial charge on any atom is 0.208 e. The third-order valence-electron chi connectivity index (χ3n) is 2.31. The van der Waals surface area contributed by atoms with E-state index in [0.29, 0.717) is 12.6 Å². The molecule has 4 nitrogen and oxygen atoms in total. The summed E-state index contributed by atoms with van der Waals surface area (Å²) < 4.78 is 5.48. The number of aromatic nitrogens is 1. The second-order valence-corrected chi connectivity index (χ2v) is 4.29. The van der Waals surface area contributed by atoms with Crippen LogP contribution in [0.3, 0.4) is 0 Å². The van der Waals surface area contributed by atoms with Crippen molar-refractivity contribution in [1.29, 1.82) is 0 Å². The van der Waals surface area contributed by atoms with Gasteiger partial charge in [-0.25, -0.2) is 4.98 Å². The lowest BCUT2D eigenvalue weighted by molar-refractivity contribution is 0.337. The van der Waals surface area contributed by atoms with Crippen LogP contribution in [0.25, 0.3) is 0 Å². The molecule has 0 aliphatic rings. The average Bonchev–Trinajstić information content (AvgIpc) is 2.42. The molecule has 0 aliphatic carbocycles. The van der Waals surface area contributed by atoms with Gasteiger partial charge in [0.2, 0.25) is 5.89 Å². The number of likely N-dealkylation sites (N-methyl/N-ethyl adjacent to an activating group) is 1. The van der Waals surface area contributed by atoms with Crippen molar-refractivity contribution in [2.45, 2.75) is 33.4 Å². The zero-order valence-electron chi connectivity index (χ0n) is 10.3. The summed E-state index contributed by atoms with van der Waals surface area (Å²) in [5.41, 5.74) is 0.979. The van der Waals surface area contributed by atoms with E-state index in [9.17, 15) is 0 Å². The van der Waals surface area contributed by atoms with E-state index in [4.69, 9.17) is 4.42 Å². The number of nitrogens with one attached hydrogen (secondary N) is 1. The van der Waals surface area contributed by atoms with Gasteiger partial charge >= 0.3 is 0 Å². The monoisotopic (exact) mass is 211 g/mol. The number of rotatable bonds is 5. The van der Waals surface area contributed by atoms with Gasteiger partial charge in [0.1, 0.15) is 5.76 Å². The Hall–Kier alpha value is -0.870. The first-order valence-corrected chi connectivity index (χ1v) is 5.30. The Labute approximate surface area is 91.7 Å². The topological polar surface area (TPSA) is 41.3 Å². The molecular weight excluding hydrogens is 190 g/mol. The Kier molecular flexibility index (Phi) is 4.29. The molecule has 0 amide bonds. The van der Waals surface area contributed by atoms with Crippen molar-refractivity contribution in [2.75, 3.05) is 20.6 Å². The minimum absolute atomic E-state index is 0.438. The van der Waals surface area contributed by atoms with Crippen LogP contribution in [0.5, 0.6) is 0 Å². The second-order valence-electron chi connectivity index (χ2n) is 4.29. The van der Waals surface area contributed by atoms with Gasteiger partial charge < -0.3 is 14.6 Å². The summed E-state index contributed by atoms with van der Waals surface area (Å²) in [6, 6.07) is 0.438. The lowest BCUT2D eigenvalue weighted by Crippen LogP contribution is -2.35. The van der Waals surface area contributed by atoms with Crippen LogP contribution >= 0.6 is 0 Å². The van der Waals surface area contributed by atoms with Gasteiger partial charge in [-0.15, -0.1) is 0 Å². The molecule has 1 aromatic heterocycles. The minimum atomic E-state index is 0.438. The first-order valence-electron chi connectivity index (χ1n) is 5.30. The molecule has 15 heavy (non-hydrogen) atoms. The smallest absolute Gasteiger partial charge is 0.208 e. The molecular formula is C11H21N3O. The van der Waals surface area contributed by atoms with Crippen molar-refractivity contribution in [2.24, 2.45) is 0 Å². The number of hydrogen-bond donors (Lipinski definition) is 1. The Morgan fingerprint density at radius 3 is 2.53 bits per heavy atom. The molecule has 0 saturated heterocycles. The van der Waals surface area contributed by atoms with E-state index in [2.05, 4.69) is 36.2 Å². The standard InChI is InChI=1S/C11H21N3O/c1-8(7-14(4)5)12-6-11-13-9(2)10(3)15-11/h8,12H,6-7H2,1-5H3. The van der Waals surface area contributed by atoms with E-state index in [1.807, 2.05) is 13.8 Å². The van der Waals surface area contributed by atoms with E-state index < -0.39 is 0 Å². The van der Waals surface area contributed by atoms with Crippen LogP contribution in [0.1, 0.15) is 24.3 Å². The van der Waals surface area contributed by atoms with Crippen molar-refractivity contribution in [1.82, 2.24) is 15.2 Å². The largest absolute Gasteiger partial charge is 0.444 e. The van der Waals surface area contributed by atoms with Gasteiger partial charge in [0.05, 0.1) is 12.2 Å². The molecule has 1 unspecified atom stereocenters. The molecule has 0 aliphatic heterocycles. The molecule has 0 saturated carbocycles. The molecule has 0 spiro atoms. The fraction of sp³-hybridized carbons (Fsp3) is 0.727. The number of aryl methyl sites for hydroxylation is 2. The van der Waals surface area contributed by atoms with Gasteiger partial charge in [0, 0.05) is 12.6 Å². The van der Waals surface area contributed by atoms with Crippen LogP contribution in [0.2, 0.25) is 0 Å². The summed E-state index contributed by atoms with van der Waals surface area (Å²) >= 11 is 0. The van der Waals surface area contributed by atoms with Crippen LogP contribution in [0.4, 0.5) is 0 Å². The Balaban J connectivity index is 2.36. The Morgan fingerprint density at radius 1 is 1.40 bits per heavy atom. The summed E-state index contributed by atoms with van der Waals surface area (Å²) in [5, 5.41) is 3.37. The molecule has 1 rings (SSSR count). The molecule has 1 aromatic rings. The summed E-state index contributed by atoms with van der Waals surface area (Å²) in [6.07, 6.45) is 0. The van der Waals surface area contributed by atoms with E-state index in [1.54, 1.807) is 0 Å². The Bertz CT molecular complexity index is 287. The molecule has 1 atom stereocenters. The summed E-state index contributed by atoms with van der Waals surface area (Å²) in [5.74, 6) is 1.68. The molecule has 4 heteroatoms. The summed E-state index contributed by atoms with van der Waals surface area (Å²) in [4.78, 5) is 6.48. The predicted octanol–water partition coefficient (Wildman–Crippen LogP) is 1.33. The predicted molar refractivity (Wildman–Crippen MR) is 60.8 cm³/mol. The van der Waals surface area contributed by atoms with Gasteiger partial charge in [0.15, 0.2) is 0 Å². The van der Waals surface area contributed by atoms with Crippen LogP contribution in [-0.4, -0.2) is 36.6 Å². The average molecular weight is 211 g/mol. The highest BCUT2D eigenvalue weighted by molar-refractivity contribution is 5.05. The number of oxazole rings is 1. The SMILES string of the molecule is Cc1nc(CNC(C)CN(C)C)oc1C. The number of hydrogen-bond acceptors (Lipinski definition) is 4. The first-order chi connectivity index (χ1) is 6.99. The lowest BCUT2D eigenvalue weighted by atomic mass is 10.3. The van der Waals surface area contributed by atoms with Crippen molar-refractivity contribution < 1.29 is 4.42 Å². The highest BCUT2D eigenvalue weighted by atomic mass is 16.4. The Morgan fingerprint density at radius 2 is 2.07 bits per heavy atom. The van der Waals surface area contributed by atoms with Gasteiger partial charge in [-0.1, -0.05) is 0 Å². The maximum atomic E-state index is 5.48. The molecule has 86 valence electrons. The van der Waals surface area contributed by atoms with Gasteiger partial charge in [0.25, 0.3) is 0 Å². The molecule has 1 N–H and O–H groups in total. The quantitative estimate of drug-likeness (QED) is 0.798. The summed E-state index contributed by atoms with van der Waals surface area (Å²) in [7, 11) is 4.13. The van der Waals surface area contributed by atoms with Crippen molar-refractivity contribution in [3.63, 3.8) is 0 Å². The fourth-order valence-electron chi connectivity index (χ4n) is 1.49. The maximum absolute atomic E-state index is 5.48. The molecule has 1 heterocycles. The van der Waals surface area contributed by atoms with Crippen molar-refractivity contribution in [3.8, 4) is 0 Å². The van der Waals surface area contributed by atoms with Crippen molar-refractivity contribution >= 4 is 0 Å². The zero-order valence-corrected chi connectivity index (χ0v) is 10.3. The normalized spacial score (nSPS) is 13.5. The highest BCUT2D eigenvalue weighted by Crippen LogP contribution is 2.07. The van der Waals surface area contributed by atoms with E-state index in [0.717, 1.165) is 23.9 Å². The second kappa shape index (κ2) is 5.28. The van der Waals surface area contributed by atoms with E-state index >= 15 is 0 Å². The molecule has 0 bridgehead atoms. The third-order valence-corrected chi connectivity index (χ3v) is 2.31. The molecule has 0 fully saturated rings. The summed E-state index contributed by atoms with van der Waals surface area (Å²) in [6.45, 7) is 7.77. The first kappa shape index (κ1) is 12.2. The van der Waals surface area contributed by atoms with Gasteiger partial charge in [-0.2, -0.15) is 0 Å². The van der Waals surface area contributed by atoms with E-state index in [-0.39, 0.29) is 0 Å². The van der Waals surface area contributed by atoms with Crippen LogP contribution in [0.15, 0.2) is 4.42 Å².